The maximum Gasteiger partial charge on any atom is 0.0465 e. The van der Waals surface area contributed by atoms with Gasteiger partial charge in [0.1, 0.15) is 0 Å². The Balaban J connectivity index is 2.81. The lowest BCUT2D eigenvalue weighted by molar-refractivity contribution is 1.42. The molecule has 0 aliphatic rings. The summed E-state index contributed by atoms with van der Waals surface area (Å²) in [6.07, 6.45) is 6.04. The third-order valence-electron chi connectivity index (χ3n) is 2.56. The van der Waals surface area contributed by atoms with Crippen molar-refractivity contribution in [3.63, 3.8) is 0 Å². The van der Waals surface area contributed by atoms with E-state index in [1.165, 1.54) is 22.0 Å². The maximum absolute atomic E-state index is 3.83. The Morgan fingerprint density at radius 3 is 2.80 bits per heavy atom. The summed E-state index contributed by atoms with van der Waals surface area (Å²) in [5.41, 5.74) is 4.77. The van der Waals surface area contributed by atoms with Crippen molar-refractivity contribution in [3.05, 3.63) is 47.7 Å². The maximum atomic E-state index is 3.83. The first-order valence-corrected chi connectivity index (χ1v) is 5.13. The standard InChI is InChI=1S/C14H15N/c1-4-6-11-12-9-10(3)7-8-14(12)15-13(11)5-2/h4-9,15H,2H2,1,3H3/b6-4-. The highest BCUT2D eigenvalue weighted by Gasteiger charge is 2.05. The molecule has 1 heteroatoms. The van der Waals surface area contributed by atoms with E-state index < -0.39 is 0 Å². The van der Waals surface area contributed by atoms with Crippen molar-refractivity contribution in [1.82, 2.24) is 4.98 Å². The van der Waals surface area contributed by atoms with E-state index >= 15 is 0 Å². The van der Waals surface area contributed by atoms with E-state index in [2.05, 4.69) is 48.8 Å². The second kappa shape index (κ2) is 3.77. The lowest BCUT2D eigenvalue weighted by atomic mass is 10.1. The Morgan fingerprint density at radius 2 is 2.13 bits per heavy atom. The fourth-order valence-electron chi connectivity index (χ4n) is 1.85. The van der Waals surface area contributed by atoms with Crippen LogP contribution in [-0.4, -0.2) is 4.98 Å². The fraction of sp³-hybridized carbons (Fsp3) is 0.143. The van der Waals surface area contributed by atoms with Crippen molar-refractivity contribution in [2.24, 2.45) is 0 Å². The van der Waals surface area contributed by atoms with Gasteiger partial charge in [-0.05, 0) is 32.1 Å². The summed E-state index contributed by atoms with van der Waals surface area (Å²) in [6, 6.07) is 6.43. The van der Waals surface area contributed by atoms with Gasteiger partial charge in [0.15, 0.2) is 0 Å². The molecular formula is C14H15N. The molecule has 0 radical (unpaired) electrons. The molecule has 0 atom stereocenters. The van der Waals surface area contributed by atoms with Crippen molar-refractivity contribution in [1.29, 1.82) is 0 Å². The quantitative estimate of drug-likeness (QED) is 0.744. The molecule has 0 amide bonds. The highest BCUT2D eigenvalue weighted by Crippen LogP contribution is 2.25. The molecule has 76 valence electrons. The molecule has 0 unspecified atom stereocenters. The molecule has 1 aromatic carbocycles. The van der Waals surface area contributed by atoms with E-state index in [1.807, 2.05) is 13.0 Å². The van der Waals surface area contributed by atoms with Crippen LogP contribution in [0.5, 0.6) is 0 Å². The molecule has 15 heavy (non-hydrogen) atoms. The van der Waals surface area contributed by atoms with Crippen LogP contribution in [-0.2, 0) is 0 Å². The molecule has 0 fully saturated rings. The molecule has 1 aromatic heterocycles. The molecular weight excluding hydrogens is 182 g/mol. The molecule has 0 aliphatic heterocycles. The number of aryl methyl sites for hydroxylation is 1. The number of nitrogens with one attached hydrogen (secondary N) is 1. The number of hydrogen-bond acceptors (Lipinski definition) is 0. The van der Waals surface area contributed by atoms with Gasteiger partial charge in [-0.1, -0.05) is 30.4 Å². The van der Waals surface area contributed by atoms with Gasteiger partial charge >= 0.3 is 0 Å². The van der Waals surface area contributed by atoms with Crippen molar-refractivity contribution in [2.75, 3.05) is 0 Å². The Hall–Kier alpha value is -1.76. The average molecular weight is 197 g/mol. The van der Waals surface area contributed by atoms with Crippen LogP contribution >= 0.6 is 0 Å². The third kappa shape index (κ3) is 1.61. The second-order valence-corrected chi connectivity index (χ2v) is 3.71. The summed E-state index contributed by atoms with van der Waals surface area (Å²) in [6.45, 7) is 7.97. The van der Waals surface area contributed by atoms with Gasteiger partial charge in [-0.2, -0.15) is 0 Å². The predicted molar refractivity (Wildman–Crippen MR) is 67.8 cm³/mol. The number of benzene rings is 1. The molecule has 0 aliphatic carbocycles. The topological polar surface area (TPSA) is 15.8 Å². The van der Waals surface area contributed by atoms with E-state index in [0.29, 0.717) is 0 Å². The van der Waals surface area contributed by atoms with Crippen LogP contribution in [0.3, 0.4) is 0 Å². The minimum atomic E-state index is 1.09. The van der Waals surface area contributed by atoms with Crippen molar-refractivity contribution in [3.8, 4) is 0 Å². The number of aromatic amines is 1. The highest BCUT2D eigenvalue weighted by molar-refractivity contribution is 5.93. The van der Waals surface area contributed by atoms with E-state index in [0.717, 1.165) is 5.69 Å². The number of aromatic nitrogens is 1. The van der Waals surface area contributed by atoms with Gasteiger partial charge in [-0.25, -0.2) is 0 Å². The first-order chi connectivity index (χ1) is 7.26. The molecule has 0 saturated heterocycles. The Kier molecular flexibility index (Phi) is 2.46. The zero-order chi connectivity index (χ0) is 10.8. The number of rotatable bonds is 2. The van der Waals surface area contributed by atoms with Gasteiger partial charge in [0.2, 0.25) is 0 Å². The normalized spacial score (nSPS) is 11.3. The first-order valence-electron chi connectivity index (χ1n) is 5.13. The molecule has 0 saturated carbocycles. The Labute approximate surface area is 90.1 Å². The molecule has 0 spiro atoms. The Morgan fingerprint density at radius 1 is 1.33 bits per heavy atom. The summed E-state index contributed by atoms with van der Waals surface area (Å²) in [7, 11) is 0. The van der Waals surface area contributed by atoms with Crippen LogP contribution in [0.1, 0.15) is 23.7 Å². The number of H-pyrrole nitrogens is 1. The van der Waals surface area contributed by atoms with Crippen LogP contribution < -0.4 is 0 Å². The fourth-order valence-corrected chi connectivity index (χ4v) is 1.85. The van der Waals surface area contributed by atoms with Crippen molar-refractivity contribution in [2.45, 2.75) is 13.8 Å². The van der Waals surface area contributed by atoms with Crippen LogP contribution in [0, 0.1) is 6.92 Å². The van der Waals surface area contributed by atoms with Crippen molar-refractivity contribution < 1.29 is 0 Å². The van der Waals surface area contributed by atoms with Gasteiger partial charge in [0.05, 0.1) is 0 Å². The predicted octanol–water partition coefficient (Wildman–Crippen LogP) is 4.15. The first kappa shape index (κ1) is 9.78. The van der Waals surface area contributed by atoms with Gasteiger partial charge < -0.3 is 4.98 Å². The average Bonchev–Trinajstić information content (AvgIpc) is 2.57. The molecule has 1 N–H and O–H groups in total. The lowest BCUT2D eigenvalue weighted by Gasteiger charge is -1.95. The SMILES string of the molecule is C=Cc1[nH]c2ccc(C)cc2c1/C=C\C. The largest absolute Gasteiger partial charge is 0.355 e. The van der Waals surface area contributed by atoms with Gasteiger partial charge in [-0.3, -0.25) is 0 Å². The summed E-state index contributed by atoms with van der Waals surface area (Å²) in [5.74, 6) is 0. The Bertz CT molecular complexity index is 530. The summed E-state index contributed by atoms with van der Waals surface area (Å²) < 4.78 is 0. The monoisotopic (exact) mass is 197 g/mol. The zero-order valence-corrected chi connectivity index (χ0v) is 9.17. The second-order valence-electron chi connectivity index (χ2n) is 3.71. The number of allylic oxidation sites excluding steroid dienone is 1. The minimum Gasteiger partial charge on any atom is -0.355 e. The molecule has 2 aromatic rings. The van der Waals surface area contributed by atoms with Crippen LogP contribution in [0.4, 0.5) is 0 Å². The van der Waals surface area contributed by atoms with Crippen LogP contribution in [0.15, 0.2) is 30.9 Å². The molecule has 1 heterocycles. The minimum absolute atomic E-state index is 1.09. The molecule has 2 rings (SSSR count). The summed E-state index contributed by atoms with van der Waals surface area (Å²) >= 11 is 0. The summed E-state index contributed by atoms with van der Waals surface area (Å²) in [5, 5.41) is 1.27. The summed E-state index contributed by atoms with van der Waals surface area (Å²) in [4.78, 5) is 3.36. The lowest BCUT2D eigenvalue weighted by Crippen LogP contribution is -1.74. The van der Waals surface area contributed by atoms with E-state index in [-0.39, 0.29) is 0 Å². The molecule has 1 nitrogen and oxygen atoms in total. The van der Waals surface area contributed by atoms with Crippen molar-refractivity contribution >= 4 is 23.1 Å². The smallest absolute Gasteiger partial charge is 0.0465 e. The van der Waals surface area contributed by atoms with E-state index in [1.54, 1.807) is 0 Å². The van der Waals surface area contributed by atoms with E-state index in [4.69, 9.17) is 0 Å². The number of fused-ring (bicyclic) bond motifs is 1. The highest BCUT2D eigenvalue weighted by atomic mass is 14.7. The third-order valence-corrected chi connectivity index (χ3v) is 2.56. The van der Waals surface area contributed by atoms with Gasteiger partial charge in [-0.15, -0.1) is 0 Å². The number of hydrogen-bond donors (Lipinski definition) is 1. The van der Waals surface area contributed by atoms with Gasteiger partial charge in [0.25, 0.3) is 0 Å². The van der Waals surface area contributed by atoms with E-state index in [9.17, 15) is 0 Å². The zero-order valence-electron chi connectivity index (χ0n) is 9.17. The molecule has 0 bridgehead atoms. The van der Waals surface area contributed by atoms with Crippen LogP contribution in [0.25, 0.3) is 23.1 Å². The van der Waals surface area contributed by atoms with Gasteiger partial charge in [0, 0.05) is 22.2 Å². The van der Waals surface area contributed by atoms with Crippen LogP contribution in [0.2, 0.25) is 0 Å².